The van der Waals surface area contributed by atoms with E-state index in [0.29, 0.717) is 31.1 Å². The Kier molecular flexibility index (Phi) is 6.63. The molecule has 0 unspecified atom stereocenters. The molecular formula is C14H17BrO3. The molecule has 0 bridgehead atoms. The second kappa shape index (κ2) is 8.02. The van der Waals surface area contributed by atoms with Crippen LogP contribution in [0.2, 0.25) is 0 Å². The topological polar surface area (TPSA) is 38.7 Å². The van der Waals surface area contributed by atoms with E-state index in [0.717, 1.165) is 16.5 Å². The van der Waals surface area contributed by atoms with Crippen molar-refractivity contribution in [2.24, 2.45) is 0 Å². The number of unbranched alkanes of at least 4 members (excludes halogenated alkanes) is 1. The number of aliphatic hydroxyl groups is 1. The molecule has 0 fully saturated rings. The van der Waals surface area contributed by atoms with Crippen LogP contribution in [0.4, 0.5) is 0 Å². The largest absolute Gasteiger partial charge is 0.490 e. The molecule has 1 N–H and O–H groups in total. The van der Waals surface area contributed by atoms with Crippen LogP contribution >= 0.6 is 15.9 Å². The van der Waals surface area contributed by atoms with Gasteiger partial charge in [0.2, 0.25) is 0 Å². The molecule has 1 rings (SSSR count). The lowest BCUT2D eigenvalue weighted by atomic mass is 10.2. The Morgan fingerprint density at radius 2 is 2.17 bits per heavy atom. The normalized spacial score (nSPS) is 9.89. The summed E-state index contributed by atoms with van der Waals surface area (Å²) < 4.78 is 12.0. The number of rotatable bonds is 7. The Balaban J connectivity index is 2.83. The highest BCUT2D eigenvalue weighted by Crippen LogP contribution is 2.37. The zero-order chi connectivity index (χ0) is 13.4. The van der Waals surface area contributed by atoms with Gasteiger partial charge in [-0.25, -0.2) is 0 Å². The number of benzene rings is 1. The van der Waals surface area contributed by atoms with Gasteiger partial charge in [-0.05, 0) is 47.0 Å². The van der Waals surface area contributed by atoms with Crippen LogP contribution in [0.5, 0.6) is 11.5 Å². The van der Waals surface area contributed by atoms with Crippen LogP contribution in [0.15, 0.2) is 16.6 Å². The van der Waals surface area contributed by atoms with Crippen molar-refractivity contribution in [3.8, 4) is 23.8 Å². The van der Waals surface area contributed by atoms with Gasteiger partial charge in [0.15, 0.2) is 11.5 Å². The molecule has 0 radical (unpaired) electrons. The van der Waals surface area contributed by atoms with Crippen molar-refractivity contribution in [3.63, 3.8) is 0 Å². The van der Waals surface area contributed by atoms with E-state index in [2.05, 4.69) is 21.9 Å². The van der Waals surface area contributed by atoms with Crippen molar-refractivity contribution in [1.82, 2.24) is 0 Å². The molecule has 4 heteroatoms. The van der Waals surface area contributed by atoms with E-state index in [1.165, 1.54) is 0 Å². The van der Waals surface area contributed by atoms with Crippen molar-refractivity contribution < 1.29 is 14.6 Å². The molecule has 0 heterocycles. The van der Waals surface area contributed by atoms with Gasteiger partial charge in [-0.1, -0.05) is 0 Å². The molecule has 0 saturated heterocycles. The lowest BCUT2D eigenvalue weighted by molar-refractivity contribution is 0.266. The maximum Gasteiger partial charge on any atom is 0.175 e. The quantitative estimate of drug-likeness (QED) is 0.621. The molecule has 0 saturated carbocycles. The van der Waals surface area contributed by atoms with Gasteiger partial charge in [-0.15, -0.1) is 12.3 Å². The van der Waals surface area contributed by atoms with Gasteiger partial charge < -0.3 is 14.6 Å². The summed E-state index contributed by atoms with van der Waals surface area (Å²) in [4.78, 5) is 0. The molecular weight excluding hydrogens is 296 g/mol. The lowest BCUT2D eigenvalue weighted by Gasteiger charge is -2.14. The highest BCUT2D eigenvalue weighted by atomic mass is 79.9. The summed E-state index contributed by atoms with van der Waals surface area (Å²) in [6, 6.07) is 3.60. The molecule has 18 heavy (non-hydrogen) atoms. The first-order chi connectivity index (χ1) is 8.72. The first kappa shape index (κ1) is 14.9. The Morgan fingerprint density at radius 3 is 2.78 bits per heavy atom. The van der Waals surface area contributed by atoms with Crippen LogP contribution in [-0.4, -0.2) is 18.3 Å². The van der Waals surface area contributed by atoms with Gasteiger partial charge in [0.05, 0.1) is 24.3 Å². The van der Waals surface area contributed by atoms with Crippen LogP contribution in [0.25, 0.3) is 0 Å². The van der Waals surface area contributed by atoms with Crippen molar-refractivity contribution in [3.05, 3.63) is 22.2 Å². The fourth-order valence-corrected chi connectivity index (χ4v) is 2.07. The zero-order valence-corrected chi connectivity index (χ0v) is 12.0. The van der Waals surface area contributed by atoms with E-state index >= 15 is 0 Å². The summed E-state index contributed by atoms with van der Waals surface area (Å²) in [6.45, 7) is 2.96. The summed E-state index contributed by atoms with van der Waals surface area (Å²) in [6.07, 6.45) is 6.68. The first-order valence-corrected chi connectivity index (χ1v) is 6.64. The molecule has 0 amide bonds. The molecule has 0 aromatic heterocycles. The number of aliphatic hydroxyl groups excluding tert-OH is 1. The monoisotopic (exact) mass is 312 g/mol. The maximum absolute atomic E-state index is 9.15. The van der Waals surface area contributed by atoms with Crippen molar-refractivity contribution in [2.75, 3.05) is 13.2 Å². The molecule has 3 nitrogen and oxygen atoms in total. The Bertz CT molecular complexity index is 424. The third-order valence-corrected chi connectivity index (χ3v) is 2.85. The average Bonchev–Trinajstić information content (AvgIpc) is 2.37. The molecule has 98 valence electrons. The van der Waals surface area contributed by atoms with Crippen LogP contribution in [0.1, 0.15) is 25.3 Å². The van der Waals surface area contributed by atoms with E-state index in [1.54, 1.807) is 6.07 Å². The SMILES string of the molecule is C#CCCCOc1c(Br)cc(CO)cc1OCC. The van der Waals surface area contributed by atoms with Crippen LogP contribution in [-0.2, 0) is 6.61 Å². The van der Waals surface area contributed by atoms with Crippen LogP contribution in [0.3, 0.4) is 0 Å². The summed E-state index contributed by atoms with van der Waals surface area (Å²) in [5.41, 5.74) is 0.779. The van der Waals surface area contributed by atoms with Crippen LogP contribution < -0.4 is 9.47 Å². The van der Waals surface area contributed by atoms with Gasteiger partial charge in [0.1, 0.15) is 0 Å². The second-order valence-electron chi connectivity index (χ2n) is 3.65. The van der Waals surface area contributed by atoms with Crippen molar-refractivity contribution >= 4 is 15.9 Å². The van der Waals surface area contributed by atoms with Gasteiger partial charge in [0.25, 0.3) is 0 Å². The van der Waals surface area contributed by atoms with Gasteiger partial charge in [-0.3, -0.25) is 0 Å². The fraction of sp³-hybridized carbons (Fsp3) is 0.429. The molecule has 0 aliphatic rings. The highest BCUT2D eigenvalue weighted by Gasteiger charge is 2.11. The molecule has 1 aromatic carbocycles. The minimum Gasteiger partial charge on any atom is -0.490 e. The summed E-state index contributed by atoms with van der Waals surface area (Å²) in [5.74, 6) is 3.86. The smallest absolute Gasteiger partial charge is 0.175 e. The Morgan fingerprint density at radius 1 is 1.39 bits per heavy atom. The lowest BCUT2D eigenvalue weighted by Crippen LogP contribution is -2.02. The third-order valence-electron chi connectivity index (χ3n) is 2.26. The van der Waals surface area contributed by atoms with Crippen LogP contribution in [0, 0.1) is 12.3 Å². The van der Waals surface area contributed by atoms with Gasteiger partial charge in [0, 0.05) is 6.42 Å². The first-order valence-electron chi connectivity index (χ1n) is 5.85. The summed E-state index contributed by atoms with van der Waals surface area (Å²) in [5, 5.41) is 9.15. The number of hydrogen-bond donors (Lipinski definition) is 1. The van der Waals surface area contributed by atoms with Crippen molar-refractivity contribution in [1.29, 1.82) is 0 Å². The van der Waals surface area contributed by atoms with Gasteiger partial charge in [-0.2, -0.15) is 0 Å². The van der Waals surface area contributed by atoms with Gasteiger partial charge >= 0.3 is 0 Å². The van der Waals surface area contributed by atoms with E-state index in [1.807, 2.05) is 13.0 Å². The molecule has 0 atom stereocenters. The molecule has 0 spiro atoms. The number of hydrogen-bond acceptors (Lipinski definition) is 3. The van der Waals surface area contributed by atoms with Crippen molar-refractivity contribution in [2.45, 2.75) is 26.4 Å². The number of halogens is 1. The molecule has 0 aliphatic heterocycles. The Labute approximate surface area is 116 Å². The zero-order valence-electron chi connectivity index (χ0n) is 10.4. The standard InChI is InChI=1S/C14H17BrO3/c1-3-5-6-7-18-14-12(15)8-11(10-16)9-13(14)17-4-2/h1,8-9,16H,4-7,10H2,2H3. The molecule has 1 aromatic rings. The number of ether oxygens (including phenoxy) is 2. The number of terminal acetylenes is 1. The minimum absolute atomic E-state index is 0.0317. The van der Waals surface area contributed by atoms with E-state index in [9.17, 15) is 0 Å². The fourth-order valence-electron chi connectivity index (χ4n) is 1.46. The average molecular weight is 313 g/mol. The Hall–Kier alpha value is -1.18. The third kappa shape index (κ3) is 4.25. The summed E-state index contributed by atoms with van der Waals surface area (Å²) in [7, 11) is 0. The molecule has 0 aliphatic carbocycles. The predicted molar refractivity (Wildman–Crippen MR) is 74.8 cm³/mol. The second-order valence-corrected chi connectivity index (χ2v) is 4.51. The van der Waals surface area contributed by atoms with E-state index < -0.39 is 0 Å². The maximum atomic E-state index is 9.15. The summed E-state index contributed by atoms with van der Waals surface area (Å²) >= 11 is 3.42. The van der Waals surface area contributed by atoms with E-state index in [4.69, 9.17) is 21.0 Å². The van der Waals surface area contributed by atoms with E-state index in [-0.39, 0.29) is 6.61 Å². The highest BCUT2D eigenvalue weighted by molar-refractivity contribution is 9.10. The minimum atomic E-state index is -0.0317. The predicted octanol–water partition coefficient (Wildman–Crippen LogP) is 3.13.